The van der Waals surface area contributed by atoms with E-state index in [0.717, 1.165) is 0 Å². The van der Waals surface area contributed by atoms with E-state index in [0.29, 0.717) is 44.8 Å². The van der Waals surface area contributed by atoms with Gasteiger partial charge in [-0.2, -0.15) is 10.5 Å². The Hall–Kier alpha value is -2.72. The number of nitrogens with two attached hydrogens (primary N) is 1. The van der Waals surface area contributed by atoms with Crippen molar-refractivity contribution in [1.29, 1.82) is 10.5 Å². The van der Waals surface area contributed by atoms with Gasteiger partial charge in [-0.25, -0.2) is 0 Å². The van der Waals surface area contributed by atoms with Crippen LogP contribution in [-0.2, 0) is 9.53 Å². The lowest BCUT2D eigenvalue weighted by molar-refractivity contribution is -0.119. The Labute approximate surface area is 182 Å². The molecule has 0 spiro atoms. The molecule has 0 unspecified atom stereocenters. The molecule has 1 aliphatic carbocycles. The lowest BCUT2D eigenvalue weighted by Gasteiger charge is -2.37. The van der Waals surface area contributed by atoms with Gasteiger partial charge in [-0.15, -0.1) is 0 Å². The van der Waals surface area contributed by atoms with Gasteiger partial charge in [0.05, 0.1) is 16.6 Å². The first-order chi connectivity index (χ1) is 13.7. The topological polar surface area (TPSA) is 118 Å². The minimum Gasteiger partial charge on any atom is -0.493 e. The molecular weight excluding hydrogens is 485 g/mol. The van der Waals surface area contributed by atoms with E-state index in [-0.39, 0.29) is 29.3 Å². The number of hydrogen-bond acceptors (Lipinski definition) is 7. The largest absolute Gasteiger partial charge is 0.493 e. The Morgan fingerprint density at radius 3 is 2.69 bits per heavy atom. The van der Waals surface area contributed by atoms with Crippen LogP contribution in [0.3, 0.4) is 0 Å². The average molecular weight is 505 g/mol. The van der Waals surface area contributed by atoms with E-state index in [4.69, 9.17) is 25.2 Å². The number of halogens is 1. The van der Waals surface area contributed by atoms with Gasteiger partial charge < -0.3 is 19.9 Å². The number of benzene rings is 1. The first kappa shape index (κ1) is 21.0. The third-order valence-electron chi connectivity index (χ3n) is 4.94. The van der Waals surface area contributed by atoms with Gasteiger partial charge in [-0.3, -0.25) is 4.79 Å². The number of rotatable bonds is 4. The number of ether oxygens (including phenoxy) is 3. The fourth-order valence-corrected chi connectivity index (χ4v) is 4.55. The normalized spacial score (nSPS) is 20.3. The first-order valence-electron chi connectivity index (χ1n) is 8.93. The van der Waals surface area contributed by atoms with Crippen molar-refractivity contribution in [3.8, 4) is 23.6 Å². The predicted molar refractivity (Wildman–Crippen MR) is 113 cm³/mol. The highest BCUT2D eigenvalue weighted by atomic mass is 127. The van der Waals surface area contributed by atoms with Gasteiger partial charge in [0.2, 0.25) is 5.88 Å². The Morgan fingerprint density at radius 1 is 1.34 bits per heavy atom. The molecule has 3 rings (SSSR count). The Morgan fingerprint density at radius 2 is 2.07 bits per heavy atom. The number of nitrogens with zero attached hydrogens (tertiary/aromatic N) is 2. The highest BCUT2D eigenvalue weighted by Gasteiger charge is 2.43. The van der Waals surface area contributed by atoms with Crippen LogP contribution in [0, 0.1) is 31.6 Å². The summed E-state index contributed by atoms with van der Waals surface area (Å²) in [7, 11) is 1.49. The van der Waals surface area contributed by atoms with Gasteiger partial charge in [-0.05, 0) is 45.7 Å². The number of ketones is 1. The standard InChI is InChI=1S/C21H20IN3O4/c1-21(2)8-14(26)18-16(9-21)29-20(25)12(10-24)17(18)11-6-13(22)19(28-5-4-23)15(7-11)27-3/h6-7,17H,5,8-9,25H2,1-3H3/t17-/m1/s1. The lowest BCUT2D eigenvalue weighted by atomic mass is 9.70. The SMILES string of the molecule is COc1cc([C@@H]2C(C#N)=C(N)OC3=C2C(=O)CC(C)(C)C3)cc(I)c1OCC#N. The van der Waals surface area contributed by atoms with Crippen LogP contribution in [0.4, 0.5) is 0 Å². The molecule has 0 fully saturated rings. The molecule has 29 heavy (non-hydrogen) atoms. The molecule has 0 bridgehead atoms. The van der Waals surface area contributed by atoms with Crippen LogP contribution in [0.15, 0.2) is 34.9 Å². The van der Waals surface area contributed by atoms with E-state index >= 15 is 0 Å². The smallest absolute Gasteiger partial charge is 0.205 e. The number of methoxy groups -OCH3 is 1. The summed E-state index contributed by atoms with van der Waals surface area (Å²) < 4.78 is 17.3. The van der Waals surface area contributed by atoms with Gasteiger partial charge >= 0.3 is 0 Å². The Balaban J connectivity index is 2.19. The minimum atomic E-state index is -0.639. The van der Waals surface area contributed by atoms with Crippen LogP contribution in [0.1, 0.15) is 38.2 Å². The summed E-state index contributed by atoms with van der Waals surface area (Å²) in [5, 5.41) is 18.5. The third-order valence-corrected chi connectivity index (χ3v) is 5.74. The number of nitriles is 2. The zero-order valence-electron chi connectivity index (χ0n) is 16.3. The lowest BCUT2D eigenvalue weighted by Crippen LogP contribution is -2.33. The molecule has 1 aliphatic heterocycles. The van der Waals surface area contributed by atoms with Crippen LogP contribution in [-0.4, -0.2) is 19.5 Å². The molecule has 0 saturated heterocycles. The summed E-state index contributed by atoms with van der Waals surface area (Å²) in [5.74, 6) is 0.689. The van der Waals surface area contributed by atoms with E-state index in [1.54, 1.807) is 6.07 Å². The molecule has 1 atom stereocenters. The number of allylic oxidation sites excluding steroid dienone is 3. The van der Waals surface area contributed by atoms with Gasteiger partial charge in [0.25, 0.3) is 0 Å². The first-order valence-corrected chi connectivity index (χ1v) is 10.0. The fourth-order valence-electron chi connectivity index (χ4n) is 3.77. The summed E-state index contributed by atoms with van der Waals surface area (Å²) >= 11 is 2.08. The maximum atomic E-state index is 13.0. The van der Waals surface area contributed by atoms with Crippen molar-refractivity contribution >= 4 is 28.4 Å². The molecule has 2 aliphatic rings. The molecule has 0 saturated carbocycles. The molecule has 150 valence electrons. The number of carbonyl (C=O) groups is 1. The number of hydrogen-bond donors (Lipinski definition) is 1. The molecule has 1 aromatic carbocycles. The van der Waals surface area contributed by atoms with Gasteiger partial charge in [0, 0.05) is 18.4 Å². The fraction of sp³-hybridized carbons (Fsp3) is 0.381. The summed E-state index contributed by atoms with van der Waals surface area (Å²) in [6.45, 7) is 3.88. The van der Waals surface area contributed by atoms with Crippen LogP contribution < -0.4 is 15.2 Å². The van der Waals surface area contributed by atoms with Crippen LogP contribution in [0.25, 0.3) is 0 Å². The van der Waals surface area contributed by atoms with Gasteiger partial charge in [0.15, 0.2) is 23.9 Å². The molecule has 0 amide bonds. The van der Waals surface area contributed by atoms with Crippen molar-refractivity contribution in [3.63, 3.8) is 0 Å². The maximum Gasteiger partial charge on any atom is 0.205 e. The minimum absolute atomic E-state index is 0.0144. The highest BCUT2D eigenvalue weighted by Crippen LogP contribution is 2.49. The summed E-state index contributed by atoms with van der Waals surface area (Å²) in [6.07, 6.45) is 0.920. The Kier molecular flexibility index (Phi) is 5.76. The van der Waals surface area contributed by atoms with Crippen LogP contribution in [0.2, 0.25) is 0 Å². The Bertz CT molecular complexity index is 1030. The van der Waals surface area contributed by atoms with Crippen molar-refractivity contribution in [2.24, 2.45) is 11.1 Å². The van der Waals surface area contributed by atoms with Crippen molar-refractivity contribution in [2.45, 2.75) is 32.6 Å². The van der Waals surface area contributed by atoms with Crippen molar-refractivity contribution in [2.75, 3.05) is 13.7 Å². The molecule has 0 radical (unpaired) electrons. The molecular formula is C21H20IN3O4. The molecule has 1 heterocycles. The molecule has 8 heteroatoms. The van der Waals surface area contributed by atoms with Gasteiger partial charge in [-0.1, -0.05) is 13.8 Å². The van der Waals surface area contributed by atoms with Crippen molar-refractivity contribution < 1.29 is 19.0 Å². The van der Waals surface area contributed by atoms with Crippen LogP contribution >= 0.6 is 22.6 Å². The number of Topliss-reactive ketones (excluding diaryl/α,β-unsaturated/α-hetero) is 1. The molecule has 1 aromatic rings. The summed E-state index contributed by atoms with van der Waals surface area (Å²) in [4.78, 5) is 13.0. The number of carbonyl (C=O) groups excluding carboxylic acids is 1. The van der Waals surface area contributed by atoms with Gasteiger partial charge in [0.1, 0.15) is 23.5 Å². The quantitative estimate of drug-likeness (QED) is 0.621. The second-order valence-electron chi connectivity index (χ2n) is 7.68. The zero-order valence-corrected chi connectivity index (χ0v) is 18.5. The second-order valence-corrected chi connectivity index (χ2v) is 8.85. The monoisotopic (exact) mass is 505 g/mol. The predicted octanol–water partition coefficient (Wildman–Crippen LogP) is 3.65. The van der Waals surface area contributed by atoms with E-state index in [9.17, 15) is 10.1 Å². The highest BCUT2D eigenvalue weighted by molar-refractivity contribution is 14.1. The molecule has 0 aromatic heterocycles. The molecule has 7 nitrogen and oxygen atoms in total. The van der Waals surface area contributed by atoms with Crippen molar-refractivity contribution in [1.82, 2.24) is 0 Å². The van der Waals surface area contributed by atoms with E-state index in [1.807, 2.05) is 26.0 Å². The zero-order chi connectivity index (χ0) is 21.3. The van der Waals surface area contributed by atoms with Crippen molar-refractivity contribution in [3.05, 3.63) is 44.1 Å². The molecule has 2 N–H and O–H groups in total. The third kappa shape index (κ3) is 3.90. The van der Waals surface area contributed by atoms with E-state index in [1.165, 1.54) is 7.11 Å². The summed E-state index contributed by atoms with van der Waals surface area (Å²) in [5.41, 5.74) is 7.16. The van der Waals surface area contributed by atoms with E-state index < -0.39 is 5.92 Å². The van der Waals surface area contributed by atoms with Crippen LogP contribution in [0.5, 0.6) is 11.5 Å². The van der Waals surface area contributed by atoms with E-state index in [2.05, 4.69) is 28.7 Å². The second kappa shape index (κ2) is 7.96. The average Bonchev–Trinajstić information content (AvgIpc) is 2.64. The summed E-state index contributed by atoms with van der Waals surface area (Å²) in [6, 6.07) is 7.57. The maximum absolute atomic E-state index is 13.0.